The van der Waals surface area contributed by atoms with Gasteiger partial charge in [-0.2, -0.15) is 10.5 Å². The lowest BCUT2D eigenvalue weighted by Crippen LogP contribution is -1.98. The number of halogens is 1. The third kappa shape index (κ3) is 2.65. The average molecular weight is 269 g/mol. The van der Waals surface area contributed by atoms with Crippen LogP contribution in [0.4, 0.5) is 11.5 Å². The summed E-state index contributed by atoms with van der Waals surface area (Å²) in [7, 11) is 0. The molecule has 0 aliphatic carbocycles. The summed E-state index contributed by atoms with van der Waals surface area (Å²) in [6.07, 6.45) is 1.51. The van der Waals surface area contributed by atoms with Crippen molar-refractivity contribution in [3.63, 3.8) is 0 Å². The van der Waals surface area contributed by atoms with Crippen LogP contribution >= 0.6 is 11.6 Å². The zero-order valence-electron chi connectivity index (χ0n) is 10.1. The van der Waals surface area contributed by atoms with Crippen molar-refractivity contribution < 1.29 is 0 Å². The van der Waals surface area contributed by atoms with Gasteiger partial charge in [-0.25, -0.2) is 4.98 Å². The minimum Gasteiger partial charge on any atom is -0.339 e. The maximum atomic E-state index is 8.91. The van der Waals surface area contributed by atoms with Crippen molar-refractivity contribution in [3.05, 3.63) is 52.2 Å². The summed E-state index contributed by atoms with van der Waals surface area (Å²) in [5, 5.41) is 21.1. The quantitative estimate of drug-likeness (QED) is 0.904. The van der Waals surface area contributed by atoms with E-state index in [4.69, 9.17) is 22.1 Å². The number of hydrogen-bond acceptors (Lipinski definition) is 4. The van der Waals surface area contributed by atoms with Crippen LogP contribution in [0.3, 0.4) is 0 Å². The van der Waals surface area contributed by atoms with E-state index in [1.165, 1.54) is 6.20 Å². The second-order valence-electron chi connectivity index (χ2n) is 3.90. The first-order valence-corrected chi connectivity index (χ1v) is 5.86. The molecular formula is C14H9ClN4. The number of nitrogens with one attached hydrogen (secondary N) is 1. The van der Waals surface area contributed by atoms with E-state index < -0.39 is 0 Å². The number of aromatic nitrogens is 1. The van der Waals surface area contributed by atoms with Crippen molar-refractivity contribution in [1.82, 2.24) is 4.98 Å². The molecule has 0 fully saturated rings. The standard InChI is InChI=1S/C14H9ClN4/c1-9-2-3-10(7-16)6-12(9)19-14-13(15)11(8-17)4-5-18-14/h2-6H,1H3,(H,18,19). The van der Waals surface area contributed by atoms with Crippen LogP contribution in [0.1, 0.15) is 16.7 Å². The number of hydrogen-bond donors (Lipinski definition) is 1. The van der Waals surface area contributed by atoms with E-state index in [0.717, 1.165) is 11.3 Å². The van der Waals surface area contributed by atoms with Crippen LogP contribution in [0.5, 0.6) is 0 Å². The molecule has 0 saturated heterocycles. The number of nitriles is 2. The molecule has 19 heavy (non-hydrogen) atoms. The monoisotopic (exact) mass is 268 g/mol. The molecule has 0 amide bonds. The van der Waals surface area contributed by atoms with Gasteiger partial charge in [0.15, 0.2) is 5.82 Å². The third-order valence-electron chi connectivity index (χ3n) is 2.63. The van der Waals surface area contributed by atoms with Crippen LogP contribution in [0.2, 0.25) is 5.02 Å². The molecule has 1 aromatic heterocycles. The molecule has 0 unspecified atom stereocenters. The maximum absolute atomic E-state index is 8.91. The van der Waals surface area contributed by atoms with Crippen molar-refractivity contribution in [2.75, 3.05) is 5.32 Å². The van der Waals surface area contributed by atoms with Crippen LogP contribution in [-0.2, 0) is 0 Å². The highest BCUT2D eigenvalue weighted by atomic mass is 35.5. The zero-order valence-corrected chi connectivity index (χ0v) is 10.9. The van der Waals surface area contributed by atoms with Gasteiger partial charge < -0.3 is 5.32 Å². The lowest BCUT2D eigenvalue weighted by molar-refractivity contribution is 1.28. The van der Waals surface area contributed by atoms with E-state index in [9.17, 15) is 0 Å². The maximum Gasteiger partial charge on any atom is 0.150 e. The van der Waals surface area contributed by atoms with Crippen LogP contribution in [0.15, 0.2) is 30.5 Å². The Labute approximate surface area is 115 Å². The molecule has 92 valence electrons. The van der Waals surface area contributed by atoms with Gasteiger partial charge in [-0.3, -0.25) is 0 Å². The number of anilines is 2. The molecule has 1 N–H and O–H groups in total. The molecular weight excluding hydrogens is 260 g/mol. The molecule has 1 heterocycles. The van der Waals surface area contributed by atoms with Crippen LogP contribution in [0, 0.1) is 29.6 Å². The predicted molar refractivity (Wildman–Crippen MR) is 73.1 cm³/mol. The highest BCUT2D eigenvalue weighted by Crippen LogP contribution is 2.27. The Bertz CT molecular complexity index is 710. The van der Waals surface area contributed by atoms with Gasteiger partial charge >= 0.3 is 0 Å². The Morgan fingerprint density at radius 2 is 2.00 bits per heavy atom. The summed E-state index contributed by atoms with van der Waals surface area (Å²) >= 11 is 6.07. The van der Waals surface area contributed by atoms with E-state index in [2.05, 4.69) is 16.4 Å². The Morgan fingerprint density at radius 1 is 1.21 bits per heavy atom. The molecule has 4 nitrogen and oxygen atoms in total. The highest BCUT2D eigenvalue weighted by Gasteiger charge is 2.09. The lowest BCUT2D eigenvalue weighted by atomic mass is 10.1. The average Bonchev–Trinajstić information content (AvgIpc) is 2.43. The van der Waals surface area contributed by atoms with Gasteiger partial charge in [-0.05, 0) is 30.7 Å². The molecule has 0 radical (unpaired) electrons. The Kier molecular flexibility index (Phi) is 3.66. The predicted octanol–water partition coefficient (Wildman–Crippen LogP) is 3.53. The molecule has 0 atom stereocenters. The first kappa shape index (κ1) is 12.9. The van der Waals surface area contributed by atoms with Crippen molar-refractivity contribution in [2.45, 2.75) is 6.92 Å². The normalized spacial score (nSPS) is 9.47. The van der Waals surface area contributed by atoms with Gasteiger partial charge in [-0.1, -0.05) is 17.7 Å². The molecule has 0 aliphatic heterocycles. The van der Waals surface area contributed by atoms with E-state index >= 15 is 0 Å². The summed E-state index contributed by atoms with van der Waals surface area (Å²) in [5.41, 5.74) is 2.59. The Morgan fingerprint density at radius 3 is 2.68 bits per heavy atom. The fourth-order valence-corrected chi connectivity index (χ4v) is 1.77. The Balaban J connectivity index is 2.43. The Hall–Kier alpha value is -2.56. The molecule has 0 saturated carbocycles. The summed E-state index contributed by atoms with van der Waals surface area (Å²) in [6, 6.07) is 10.9. The summed E-state index contributed by atoms with van der Waals surface area (Å²) < 4.78 is 0. The lowest BCUT2D eigenvalue weighted by Gasteiger charge is -2.10. The largest absolute Gasteiger partial charge is 0.339 e. The van der Waals surface area contributed by atoms with E-state index in [0.29, 0.717) is 16.9 Å². The summed E-state index contributed by atoms with van der Waals surface area (Å²) in [6.45, 7) is 1.91. The molecule has 2 rings (SSSR count). The highest BCUT2D eigenvalue weighted by molar-refractivity contribution is 6.34. The van der Waals surface area contributed by atoms with E-state index in [1.807, 2.05) is 19.1 Å². The smallest absolute Gasteiger partial charge is 0.150 e. The van der Waals surface area contributed by atoms with Crippen LogP contribution in [0.25, 0.3) is 0 Å². The number of pyridine rings is 1. The number of aryl methyl sites for hydroxylation is 1. The zero-order chi connectivity index (χ0) is 13.8. The second-order valence-corrected chi connectivity index (χ2v) is 4.28. The van der Waals surface area contributed by atoms with Crippen LogP contribution < -0.4 is 5.32 Å². The van der Waals surface area contributed by atoms with Crippen LogP contribution in [-0.4, -0.2) is 4.98 Å². The van der Waals surface area contributed by atoms with Gasteiger partial charge in [0.05, 0.1) is 17.2 Å². The molecule has 0 spiro atoms. The molecule has 2 aromatic rings. The number of benzene rings is 1. The van der Waals surface area contributed by atoms with Gasteiger partial charge in [0.1, 0.15) is 11.1 Å². The minimum absolute atomic E-state index is 0.270. The molecule has 5 heteroatoms. The van der Waals surface area contributed by atoms with Crippen molar-refractivity contribution >= 4 is 23.1 Å². The fourth-order valence-electron chi connectivity index (χ4n) is 1.57. The van der Waals surface area contributed by atoms with Crippen molar-refractivity contribution in [1.29, 1.82) is 10.5 Å². The second kappa shape index (κ2) is 5.39. The summed E-state index contributed by atoms with van der Waals surface area (Å²) in [4.78, 5) is 4.10. The number of rotatable bonds is 2. The van der Waals surface area contributed by atoms with Gasteiger partial charge in [0.25, 0.3) is 0 Å². The fraction of sp³-hybridized carbons (Fsp3) is 0.0714. The SMILES string of the molecule is Cc1ccc(C#N)cc1Nc1nccc(C#N)c1Cl. The van der Waals surface area contributed by atoms with Crippen molar-refractivity contribution in [3.8, 4) is 12.1 Å². The molecule has 0 aliphatic rings. The van der Waals surface area contributed by atoms with E-state index in [-0.39, 0.29) is 5.02 Å². The van der Waals surface area contributed by atoms with Gasteiger partial charge in [0, 0.05) is 11.9 Å². The first-order valence-electron chi connectivity index (χ1n) is 5.48. The summed E-state index contributed by atoms with van der Waals surface area (Å²) in [5.74, 6) is 0.402. The van der Waals surface area contributed by atoms with E-state index in [1.54, 1.807) is 18.2 Å². The minimum atomic E-state index is 0.270. The molecule has 1 aromatic carbocycles. The first-order chi connectivity index (χ1) is 9.15. The number of nitrogens with zero attached hydrogens (tertiary/aromatic N) is 3. The van der Waals surface area contributed by atoms with Gasteiger partial charge in [-0.15, -0.1) is 0 Å². The van der Waals surface area contributed by atoms with Gasteiger partial charge in [0.2, 0.25) is 0 Å². The third-order valence-corrected chi connectivity index (χ3v) is 3.01. The molecule has 0 bridgehead atoms. The van der Waals surface area contributed by atoms with Crippen molar-refractivity contribution in [2.24, 2.45) is 0 Å². The topological polar surface area (TPSA) is 72.5 Å².